The van der Waals surface area contributed by atoms with Crippen molar-refractivity contribution in [2.75, 3.05) is 33.3 Å². The van der Waals surface area contributed by atoms with E-state index >= 15 is 0 Å². The lowest BCUT2D eigenvalue weighted by atomic mass is 10.1. The van der Waals surface area contributed by atoms with E-state index < -0.39 is 0 Å². The van der Waals surface area contributed by atoms with Gasteiger partial charge in [0.25, 0.3) is 0 Å². The topological polar surface area (TPSA) is 24.5 Å². The first kappa shape index (κ1) is 15.0. The highest BCUT2D eigenvalue weighted by molar-refractivity contribution is 5.36. The average Bonchev–Trinajstić information content (AvgIpc) is 2.40. The van der Waals surface area contributed by atoms with Crippen molar-refractivity contribution in [1.82, 2.24) is 10.2 Å². The van der Waals surface area contributed by atoms with Crippen LogP contribution in [0.15, 0.2) is 18.2 Å². The van der Waals surface area contributed by atoms with Crippen molar-refractivity contribution in [3.05, 3.63) is 29.3 Å². The van der Waals surface area contributed by atoms with Gasteiger partial charge in [0.1, 0.15) is 5.75 Å². The van der Waals surface area contributed by atoms with Gasteiger partial charge in [0, 0.05) is 19.6 Å². The summed E-state index contributed by atoms with van der Waals surface area (Å²) in [7, 11) is 1.72. The van der Waals surface area contributed by atoms with Gasteiger partial charge in [-0.15, -0.1) is 0 Å². The Hall–Kier alpha value is -1.06. The van der Waals surface area contributed by atoms with Crippen molar-refractivity contribution in [3.63, 3.8) is 0 Å². The molecule has 1 aromatic carbocycles. The standard InChI is InChI=1S/C15H26N2O/c1-5-17(6-2)10-9-16-12-14-8-7-13(3)15(11-14)18-4/h7-8,11,16H,5-6,9-10,12H2,1-4H3. The van der Waals surface area contributed by atoms with Gasteiger partial charge in [-0.2, -0.15) is 0 Å². The Morgan fingerprint density at radius 1 is 1.22 bits per heavy atom. The van der Waals surface area contributed by atoms with Crippen LogP contribution in [0.3, 0.4) is 0 Å². The van der Waals surface area contributed by atoms with Crippen molar-refractivity contribution >= 4 is 0 Å². The van der Waals surface area contributed by atoms with Crippen LogP contribution in [0.5, 0.6) is 5.75 Å². The third kappa shape index (κ3) is 4.67. The normalized spacial score (nSPS) is 10.9. The Morgan fingerprint density at radius 3 is 2.56 bits per heavy atom. The van der Waals surface area contributed by atoms with Crippen molar-refractivity contribution in [3.8, 4) is 5.75 Å². The monoisotopic (exact) mass is 250 g/mol. The number of nitrogens with one attached hydrogen (secondary N) is 1. The molecular weight excluding hydrogens is 224 g/mol. The van der Waals surface area contributed by atoms with E-state index in [2.05, 4.69) is 49.2 Å². The van der Waals surface area contributed by atoms with Crippen LogP contribution in [-0.4, -0.2) is 38.2 Å². The minimum atomic E-state index is 0.901. The number of benzene rings is 1. The molecule has 1 N–H and O–H groups in total. The molecule has 0 saturated carbocycles. The van der Waals surface area contributed by atoms with Gasteiger partial charge in [0.05, 0.1) is 7.11 Å². The second-order valence-corrected chi connectivity index (χ2v) is 4.51. The second-order valence-electron chi connectivity index (χ2n) is 4.51. The van der Waals surface area contributed by atoms with Crippen molar-refractivity contribution in [2.45, 2.75) is 27.3 Å². The highest BCUT2D eigenvalue weighted by Crippen LogP contribution is 2.18. The van der Waals surface area contributed by atoms with Gasteiger partial charge in [-0.25, -0.2) is 0 Å². The SMILES string of the molecule is CCN(CC)CCNCc1ccc(C)c(OC)c1. The molecule has 1 aromatic rings. The first-order valence-corrected chi connectivity index (χ1v) is 6.77. The third-order valence-corrected chi connectivity index (χ3v) is 3.30. The fourth-order valence-electron chi connectivity index (χ4n) is 1.98. The van der Waals surface area contributed by atoms with E-state index in [1.165, 1.54) is 11.1 Å². The van der Waals surface area contributed by atoms with E-state index in [9.17, 15) is 0 Å². The minimum absolute atomic E-state index is 0.901. The number of nitrogens with zero attached hydrogens (tertiary/aromatic N) is 1. The molecule has 0 saturated heterocycles. The minimum Gasteiger partial charge on any atom is -0.496 e. The van der Waals surface area contributed by atoms with Crippen LogP contribution in [0.2, 0.25) is 0 Å². The van der Waals surface area contributed by atoms with E-state index in [0.717, 1.165) is 38.5 Å². The fourth-order valence-corrected chi connectivity index (χ4v) is 1.98. The van der Waals surface area contributed by atoms with Gasteiger partial charge in [0.2, 0.25) is 0 Å². The fraction of sp³-hybridized carbons (Fsp3) is 0.600. The zero-order chi connectivity index (χ0) is 13.4. The second kappa shape index (κ2) is 8.11. The predicted molar refractivity (Wildman–Crippen MR) is 77.2 cm³/mol. The molecule has 0 atom stereocenters. The smallest absolute Gasteiger partial charge is 0.122 e. The molecule has 3 heteroatoms. The Kier molecular flexibility index (Phi) is 6.76. The highest BCUT2D eigenvalue weighted by Gasteiger charge is 2.01. The molecular formula is C15H26N2O. The third-order valence-electron chi connectivity index (χ3n) is 3.30. The predicted octanol–water partition coefficient (Wildman–Crippen LogP) is 2.44. The molecule has 0 aliphatic heterocycles. The highest BCUT2D eigenvalue weighted by atomic mass is 16.5. The molecule has 102 valence electrons. The summed E-state index contributed by atoms with van der Waals surface area (Å²) in [5.41, 5.74) is 2.46. The van der Waals surface area contributed by atoms with Gasteiger partial charge in [-0.3, -0.25) is 0 Å². The first-order chi connectivity index (χ1) is 8.71. The molecule has 0 fully saturated rings. The maximum Gasteiger partial charge on any atom is 0.122 e. The van der Waals surface area contributed by atoms with Crippen LogP contribution < -0.4 is 10.1 Å². The van der Waals surface area contributed by atoms with Crippen LogP contribution >= 0.6 is 0 Å². The summed E-state index contributed by atoms with van der Waals surface area (Å²) in [5.74, 6) is 0.970. The number of hydrogen-bond donors (Lipinski definition) is 1. The summed E-state index contributed by atoms with van der Waals surface area (Å²) < 4.78 is 5.33. The van der Waals surface area contributed by atoms with Crippen LogP contribution in [0, 0.1) is 6.92 Å². The van der Waals surface area contributed by atoms with E-state index in [1.54, 1.807) is 7.11 Å². The molecule has 0 radical (unpaired) electrons. The Labute approximate surface area is 111 Å². The molecule has 1 rings (SSSR count). The number of rotatable bonds is 8. The lowest BCUT2D eigenvalue weighted by Crippen LogP contribution is -2.31. The maximum atomic E-state index is 5.33. The summed E-state index contributed by atoms with van der Waals surface area (Å²) in [6.07, 6.45) is 0. The van der Waals surface area contributed by atoms with Gasteiger partial charge in [-0.1, -0.05) is 26.0 Å². The van der Waals surface area contributed by atoms with Crippen molar-refractivity contribution < 1.29 is 4.74 Å². The van der Waals surface area contributed by atoms with Crippen LogP contribution in [0.1, 0.15) is 25.0 Å². The van der Waals surface area contributed by atoms with Crippen molar-refractivity contribution in [2.24, 2.45) is 0 Å². The van der Waals surface area contributed by atoms with E-state index in [-0.39, 0.29) is 0 Å². The summed E-state index contributed by atoms with van der Waals surface area (Å²) in [6, 6.07) is 6.38. The lowest BCUT2D eigenvalue weighted by Gasteiger charge is -2.18. The number of ether oxygens (including phenoxy) is 1. The van der Waals surface area contributed by atoms with Gasteiger partial charge in [-0.05, 0) is 37.2 Å². The zero-order valence-corrected chi connectivity index (χ0v) is 12.1. The van der Waals surface area contributed by atoms with Crippen molar-refractivity contribution in [1.29, 1.82) is 0 Å². The average molecular weight is 250 g/mol. The Bertz CT molecular complexity index is 348. The number of likely N-dealkylation sites (N-methyl/N-ethyl adjacent to an activating group) is 1. The maximum absolute atomic E-state index is 5.33. The Balaban J connectivity index is 2.35. The molecule has 0 unspecified atom stereocenters. The first-order valence-electron chi connectivity index (χ1n) is 6.77. The molecule has 0 spiro atoms. The molecule has 0 aliphatic carbocycles. The van der Waals surface area contributed by atoms with E-state index in [4.69, 9.17) is 4.74 Å². The summed E-state index contributed by atoms with van der Waals surface area (Å²) in [6.45, 7) is 11.7. The van der Waals surface area contributed by atoms with Crippen LogP contribution in [-0.2, 0) is 6.54 Å². The van der Waals surface area contributed by atoms with E-state index in [1.807, 2.05) is 0 Å². The number of aryl methyl sites for hydroxylation is 1. The van der Waals surface area contributed by atoms with E-state index in [0.29, 0.717) is 0 Å². The molecule has 0 amide bonds. The molecule has 0 heterocycles. The van der Waals surface area contributed by atoms with Crippen LogP contribution in [0.4, 0.5) is 0 Å². The van der Waals surface area contributed by atoms with Gasteiger partial charge in [0.15, 0.2) is 0 Å². The molecule has 0 aromatic heterocycles. The number of hydrogen-bond acceptors (Lipinski definition) is 3. The Morgan fingerprint density at radius 2 is 1.94 bits per heavy atom. The zero-order valence-electron chi connectivity index (χ0n) is 12.1. The molecule has 18 heavy (non-hydrogen) atoms. The largest absolute Gasteiger partial charge is 0.496 e. The molecule has 0 bridgehead atoms. The quantitative estimate of drug-likeness (QED) is 0.717. The summed E-state index contributed by atoms with van der Waals surface area (Å²) >= 11 is 0. The van der Waals surface area contributed by atoms with Crippen LogP contribution in [0.25, 0.3) is 0 Å². The molecule has 3 nitrogen and oxygen atoms in total. The number of methoxy groups -OCH3 is 1. The van der Waals surface area contributed by atoms with Gasteiger partial charge >= 0.3 is 0 Å². The van der Waals surface area contributed by atoms with Gasteiger partial charge < -0.3 is 15.0 Å². The lowest BCUT2D eigenvalue weighted by molar-refractivity contribution is 0.302. The summed E-state index contributed by atoms with van der Waals surface area (Å²) in [4.78, 5) is 2.42. The molecule has 0 aliphatic rings. The summed E-state index contributed by atoms with van der Waals surface area (Å²) in [5, 5.41) is 3.47.